The third kappa shape index (κ3) is 2.11. The van der Waals surface area contributed by atoms with Gasteiger partial charge in [0.25, 0.3) is 0 Å². The maximum absolute atomic E-state index is 12.0. The highest BCUT2D eigenvalue weighted by atomic mass is 16.4. The van der Waals surface area contributed by atoms with Gasteiger partial charge in [-0.05, 0) is 19.3 Å². The van der Waals surface area contributed by atoms with Crippen molar-refractivity contribution >= 4 is 17.8 Å². The summed E-state index contributed by atoms with van der Waals surface area (Å²) in [6.45, 7) is 0.555. The summed E-state index contributed by atoms with van der Waals surface area (Å²) in [4.78, 5) is 35.8. The van der Waals surface area contributed by atoms with E-state index in [2.05, 4.69) is 5.32 Å². The molecule has 2 N–H and O–H groups in total. The Hall–Kier alpha value is -1.59. The summed E-state index contributed by atoms with van der Waals surface area (Å²) in [7, 11) is 1.54. The Labute approximate surface area is 99.0 Å². The summed E-state index contributed by atoms with van der Waals surface area (Å²) in [5.74, 6) is -2.22. The Morgan fingerprint density at radius 2 is 2.00 bits per heavy atom. The Kier molecular flexibility index (Phi) is 3.04. The van der Waals surface area contributed by atoms with Crippen molar-refractivity contribution in [1.29, 1.82) is 0 Å². The number of carboxylic acid groups (broad SMARTS) is 1. The van der Waals surface area contributed by atoms with Gasteiger partial charge in [0.1, 0.15) is 6.04 Å². The number of carbonyl (C=O) groups is 3. The fraction of sp³-hybridized carbons (Fsp3) is 0.727. The zero-order valence-corrected chi connectivity index (χ0v) is 9.68. The average Bonchev–Trinajstić information content (AvgIpc) is 2.97. The highest BCUT2D eigenvalue weighted by Crippen LogP contribution is 2.41. The summed E-state index contributed by atoms with van der Waals surface area (Å²) in [5, 5.41) is 11.3. The number of amides is 2. The van der Waals surface area contributed by atoms with Crippen molar-refractivity contribution in [2.45, 2.75) is 25.3 Å². The van der Waals surface area contributed by atoms with Crippen LogP contribution in [-0.4, -0.2) is 47.4 Å². The molecule has 1 saturated heterocycles. The first kappa shape index (κ1) is 11.9. The largest absolute Gasteiger partial charge is 0.481 e. The summed E-state index contributed by atoms with van der Waals surface area (Å²) in [6, 6.07) is -0.414. The molecule has 1 heterocycles. The number of aliphatic carboxylic acids is 1. The second-order valence-electron chi connectivity index (χ2n) is 4.59. The molecule has 2 rings (SSSR count). The van der Waals surface area contributed by atoms with E-state index in [9.17, 15) is 14.4 Å². The highest BCUT2D eigenvalue weighted by Gasteiger charge is 2.51. The smallest absolute Gasteiger partial charge is 0.307 e. The van der Waals surface area contributed by atoms with E-state index in [0.29, 0.717) is 19.4 Å². The van der Waals surface area contributed by atoms with Crippen LogP contribution in [0.5, 0.6) is 0 Å². The quantitative estimate of drug-likeness (QED) is 0.692. The Bertz CT molecular complexity index is 368. The third-order valence-corrected chi connectivity index (χ3v) is 3.51. The van der Waals surface area contributed by atoms with Crippen LogP contribution < -0.4 is 5.32 Å². The molecule has 0 aromatic carbocycles. The number of likely N-dealkylation sites (N-methyl/N-ethyl adjacent to an activating group) is 1. The van der Waals surface area contributed by atoms with Gasteiger partial charge < -0.3 is 15.3 Å². The van der Waals surface area contributed by atoms with Crippen molar-refractivity contribution in [3.05, 3.63) is 0 Å². The van der Waals surface area contributed by atoms with Gasteiger partial charge in [0.15, 0.2) is 0 Å². The van der Waals surface area contributed by atoms with Crippen molar-refractivity contribution < 1.29 is 19.5 Å². The van der Waals surface area contributed by atoms with Gasteiger partial charge in [-0.3, -0.25) is 14.4 Å². The van der Waals surface area contributed by atoms with Gasteiger partial charge in [0.05, 0.1) is 11.8 Å². The number of carboxylic acids is 1. The highest BCUT2D eigenvalue weighted by molar-refractivity contribution is 5.93. The summed E-state index contributed by atoms with van der Waals surface area (Å²) in [5.41, 5.74) is 0. The lowest BCUT2D eigenvalue weighted by Crippen LogP contribution is -2.45. The topological polar surface area (TPSA) is 86.7 Å². The SMILES string of the molecule is CNC(=O)[C@@H]1CCCN1C(=O)C1CC1C(=O)O. The van der Waals surface area contributed by atoms with E-state index < -0.39 is 23.8 Å². The van der Waals surface area contributed by atoms with Crippen LogP contribution in [-0.2, 0) is 14.4 Å². The van der Waals surface area contributed by atoms with Crippen LogP contribution in [0.3, 0.4) is 0 Å². The molecule has 1 aliphatic carbocycles. The molecular formula is C11H16N2O4. The van der Waals surface area contributed by atoms with E-state index in [4.69, 9.17) is 5.11 Å². The van der Waals surface area contributed by atoms with Crippen LogP contribution >= 0.6 is 0 Å². The van der Waals surface area contributed by atoms with Crippen LogP contribution in [0.4, 0.5) is 0 Å². The maximum atomic E-state index is 12.0. The lowest BCUT2D eigenvalue weighted by molar-refractivity contribution is -0.143. The fourth-order valence-electron chi connectivity index (χ4n) is 2.42. The molecule has 17 heavy (non-hydrogen) atoms. The van der Waals surface area contributed by atoms with Gasteiger partial charge in [-0.25, -0.2) is 0 Å². The normalized spacial score (nSPS) is 31.1. The lowest BCUT2D eigenvalue weighted by Gasteiger charge is -2.23. The molecule has 0 aromatic heterocycles. The molecular weight excluding hydrogens is 224 g/mol. The van der Waals surface area contributed by atoms with Crippen molar-refractivity contribution in [2.24, 2.45) is 11.8 Å². The van der Waals surface area contributed by atoms with Gasteiger partial charge in [0.2, 0.25) is 11.8 Å². The number of carbonyl (C=O) groups excluding carboxylic acids is 2. The van der Waals surface area contributed by atoms with E-state index in [1.165, 1.54) is 4.90 Å². The van der Waals surface area contributed by atoms with Crippen molar-refractivity contribution in [2.75, 3.05) is 13.6 Å². The fourth-order valence-corrected chi connectivity index (χ4v) is 2.42. The van der Waals surface area contributed by atoms with Gasteiger partial charge in [-0.1, -0.05) is 0 Å². The molecule has 6 heteroatoms. The van der Waals surface area contributed by atoms with Crippen molar-refractivity contribution in [3.63, 3.8) is 0 Å². The number of likely N-dealkylation sites (tertiary alicyclic amines) is 1. The molecule has 2 fully saturated rings. The number of rotatable bonds is 3. The first-order valence-corrected chi connectivity index (χ1v) is 5.81. The molecule has 0 aromatic rings. The van der Waals surface area contributed by atoms with E-state index in [-0.39, 0.29) is 11.8 Å². The summed E-state index contributed by atoms with van der Waals surface area (Å²) < 4.78 is 0. The Balaban J connectivity index is 2.00. The minimum absolute atomic E-state index is 0.164. The Morgan fingerprint density at radius 3 is 2.53 bits per heavy atom. The average molecular weight is 240 g/mol. The second kappa shape index (κ2) is 4.35. The van der Waals surface area contributed by atoms with Crippen molar-refractivity contribution in [3.8, 4) is 0 Å². The lowest BCUT2D eigenvalue weighted by atomic mass is 10.2. The monoisotopic (exact) mass is 240 g/mol. The maximum Gasteiger partial charge on any atom is 0.307 e. The molecule has 1 aliphatic heterocycles. The molecule has 6 nitrogen and oxygen atoms in total. The first-order chi connectivity index (χ1) is 8.06. The van der Waals surface area contributed by atoms with Crippen LogP contribution in [0.2, 0.25) is 0 Å². The molecule has 2 aliphatic rings. The predicted octanol–water partition coefficient (Wildman–Crippen LogP) is -0.556. The number of hydrogen-bond acceptors (Lipinski definition) is 3. The van der Waals surface area contributed by atoms with Crippen LogP contribution in [0, 0.1) is 11.8 Å². The van der Waals surface area contributed by atoms with Gasteiger partial charge >= 0.3 is 5.97 Å². The molecule has 94 valence electrons. The van der Waals surface area contributed by atoms with Crippen LogP contribution in [0.15, 0.2) is 0 Å². The zero-order valence-electron chi connectivity index (χ0n) is 9.68. The van der Waals surface area contributed by atoms with Gasteiger partial charge in [-0.2, -0.15) is 0 Å². The van der Waals surface area contributed by atoms with Crippen LogP contribution in [0.25, 0.3) is 0 Å². The predicted molar refractivity (Wildman–Crippen MR) is 58.0 cm³/mol. The van der Waals surface area contributed by atoms with Crippen molar-refractivity contribution in [1.82, 2.24) is 10.2 Å². The zero-order chi connectivity index (χ0) is 12.6. The number of hydrogen-bond donors (Lipinski definition) is 2. The van der Waals surface area contributed by atoms with Gasteiger partial charge in [0, 0.05) is 13.6 Å². The second-order valence-corrected chi connectivity index (χ2v) is 4.59. The molecule has 0 radical (unpaired) electrons. The molecule has 1 saturated carbocycles. The number of nitrogens with one attached hydrogen (secondary N) is 1. The van der Waals surface area contributed by atoms with E-state index in [1.54, 1.807) is 7.05 Å². The van der Waals surface area contributed by atoms with E-state index >= 15 is 0 Å². The summed E-state index contributed by atoms with van der Waals surface area (Å²) in [6.07, 6.45) is 1.87. The van der Waals surface area contributed by atoms with Gasteiger partial charge in [-0.15, -0.1) is 0 Å². The number of nitrogens with zero attached hydrogens (tertiary/aromatic N) is 1. The molecule has 2 unspecified atom stereocenters. The third-order valence-electron chi connectivity index (χ3n) is 3.51. The Morgan fingerprint density at radius 1 is 1.29 bits per heavy atom. The van der Waals surface area contributed by atoms with Crippen LogP contribution in [0.1, 0.15) is 19.3 Å². The molecule has 0 spiro atoms. The minimum Gasteiger partial charge on any atom is -0.481 e. The first-order valence-electron chi connectivity index (χ1n) is 5.81. The van der Waals surface area contributed by atoms with E-state index in [0.717, 1.165) is 6.42 Å². The minimum atomic E-state index is -0.918. The molecule has 2 amide bonds. The molecule has 0 bridgehead atoms. The standard InChI is InChI=1S/C11H16N2O4/c1-12-9(14)8-3-2-4-13(8)10(15)6-5-7(6)11(16)17/h6-8H,2-5H2,1H3,(H,12,14)(H,16,17)/t6?,7?,8-/m0/s1. The molecule has 3 atom stereocenters. The summed E-state index contributed by atoms with van der Waals surface area (Å²) >= 11 is 0. The van der Waals surface area contributed by atoms with E-state index in [1.807, 2.05) is 0 Å².